The predicted molar refractivity (Wildman–Crippen MR) is 89.2 cm³/mol. The summed E-state index contributed by atoms with van der Waals surface area (Å²) in [5, 5.41) is 0. The number of fused-ring (bicyclic) bond motifs is 1. The van der Waals surface area contributed by atoms with E-state index in [0.29, 0.717) is 5.88 Å². The molecule has 0 radical (unpaired) electrons. The third-order valence-corrected chi connectivity index (χ3v) is 3.86. The van der Waals surface area contributed by atoms with Crippen molar-refractivity contribution in [2.24, 2.45) is 5.41 Å². The average Bonchev–Trinajstić information content (AvgIpc) is 2.74. The van der Waals surface area contributed by atoms with Crippen molar-refractivity contribution in [3.8, 4) is 5.75 Å². The maximum absolute atomic E-state index is 6.15. The minimum absolute atomic E-state index is 0.0659. The highest BCUT2D eigenvalue weighted by Gasteiger charge is 2.31. The van der Waals surface area contributed by atoms with Crippen LogP contribution >= 0.6 is 11.6 Å². The molecule has 0 aliphatic rings. The van der Waals surface area contributed by atoms with Crippen LogP contribution in [0.2, 0.25) is 0 Å². The highest BCUT2D eigenvalue weighted by Crippen LogP contribution is 2.37. The van der Waals surface area contributed by atoms with Gasteiger partial charge in [0.05, 0.1) is 18.5 Å². The van der Waals surface area contributed by atoms with Gasteiger partial charge in [-0.3, -0.25) is 0 Å². The van der Waals surface area contributed by atoms with Gasteiger partial charge in [-0.1, -0.05) is 26.8 Å². The lowest BCUT2D eigenvalue weighted by molar-refractivity contribution is 0.216. The number of methoxy groups -OCH3 is 1. The molecule has 1 aromatic heterocycles. The fourth-order valence-corrected chi connectivity index (χ4v) is 3.61. The first-order chi connectivity index (χ1) is 9.69. The quantitative estimate of drug-likeness (QED) is 0.747. The van der Waals surface area contributed by atoms with Gasteiger partial charge in [-0.25, -0.2) is 4.98 Å². The minimum atomic E-state index is -0.0659. The minimum Gasteiger partial charge on any atom is -0.494 e. The van der Waals surface area contributed by atoms with Crippen molar-refractivity contribution in [3.63, 3.8) is 0 Å². The van der Waals surface area contributed by atoms with Gasteiger partial charge in [0.15, 0.2) is 0 Å². The fourth-order valence-electron chi connectivity index (χ4n) is 3.43. The Morgan fingerprint density at radius 2 is 1.86 bits per heavy atom. The number of rotatable bonds is 4. The molecule has 0 N–H and O–H groups in total. The Labute approximate surface area is 132 Å². The summed E-state index contributed by atoms with van der Waals surface area (Å²) >= 11 is 6.15. The number of benzene rings is 1. The van der Waals surface area contributed by atoms with E-state index in [-0.39, 0.29) is 11.0 Å². The molecule has 0 spiro atoms. The lowest BCUT2D eigenvalue weighted by Gasteiger charge is -2.35. The Morgan fingerprint density at radius 3 is 2.38 bits per heavy atom. The molecule has 4 heteroatoms. The number of para-hydroxylation sites is 1. The van der Waals surface area contributed by atoms with Crippen LogP contribution in [-0.4, -0.2) is 16.7 Å². The van der Waals surface area contributed by atoms with Crippen LogP contribution in [0.3, 0.4) is 0 Å². The Hall–Kier alpha value is -1.22. The molecule has 0 saturated carbocycles. The largest absolute Gasteiger partial charge is 0.494 e. The highest BCUT2D eigenvalue weighted by atomic mass is 35.5. The van der Waals surface area contributed by atoms with E-state index >= 15 is 0 Å². The van der Waals surface area contributed by atoms with Crippen LogP contribution in [0.15, 0.2) is 18.2 Å². The molecule has 0 bridgehead atoms. The van der Waals surface area contributed by atoms with Gasteiger partial charge in [0.25, 0.3) is 0 Å². The second-order valence-corrected chi connectivity index (χ2v) is 7.64. The van der Waals surface area contributed by atoms with Gasteiger partial charge in [-0.05, 0) is 37.8 Å². The molecular weight excluding hydrogens is 284 g/mol. The van der Waals surface area contributed by atoms with E-state index in [1.54, 1.807) is 7.11 Å². The van der Waals surface area contributed by atoms with Crippen LogP contribution in [0, 0.1) is 5.41 Å². The van der Waals surface area contributed by atoms with Crippen LogP contribution in [0.1, 0.15) is 46.9 Å². The molecule has 1 aromatic carbocycles. The molecule has 0 aliphatic heterocycles. The third-order valence-electron chi connectivity index (χ3n) is 3.63. The van der Waals surface area contributed by atoms with Crippen molar-refractivity contribution in [1.29, 1.82) is 0 Å². The number of halogens is 1. The zero-order valence-electron chi connectivity index (χ0n) is 13.8. The number of hydrogen-bond donors (Lipinski definition) is 0. The molecule has 3 nitrogen and oxygen atoms in total. The number of ether oxygens (including phenoxy) is 1. The standard InChI is InChI=1S/C17H25ClN2O/c1-16(2,3)11-17(4,5)20-12-8-7-9-13(21-6)15(12)19-14(20)10-18/h7-9H,10-11H2,1-6H3. The molecule has 1 heterocycles. The Morgan fingerprint density at radius 1 is 1.19 bits per heavy atom. The molecule has 0 saturated heterocycles. The predicted octanol–water partition coefficient (Wildman–Crippen LogP) is 4.96. The van der Waals surface area contributed by atoms with E-state index in [2.05, 4.69) is 45.3 Å². The Balaban J connectivity index is 2.67. The van der Waals surface area contributed by atoms with Gasteiger partial charge in [0, 0.05) is 5.54 Å². The van der Waals surface area contributed by atoms with Crippen molar-refractivity contribution in [3.05, 3.63) is 24.0 Å². The van der Waals surface area contributed by atoms with Crippen LogP contribution in [0.4, 0.5) is 0 Å². The Kier molecular flexibility index (Phi) is 4.25. The summed E-state index contributed by atoms with van der Waals surface area (Å²) in [6.45, 7) is 11.3. The summed E-state index contributed by atoms with van der Waals surface area (Å²) in [6, 6.07) is 6.03. The van der Waals surface area contributed by atoms with E-state index in [0.717, 1.165) is 29.0 Å². The average molecular weight is 309 g/mol. The van der Waals surface area contributed by atoms with E-state index in [1.807, 2.05) is 12.1 Å². The normalized spacial score (nSPS) is 12.9. The molecule has 0 unspecified atom stereocenters. The van der Waals surface area contributed by atoms with Crippen molar-refractivity contribution in [2.75, 3.05) is 7.11 Å². The molecule has 0 fully saturated rings. The zero-order chi connectivity index (χ0) is 15.8. The number of nitrogens with zero attached hydrogens (tertiary/aromatic N) is 2. The maximum Gasteiger partial charge on any atom is 0.146 e. The summed E-state index contributed by atoms with van der Waals surface area (Å²) < 4.78 is 7.70. The summed E-state index contributed by atoms with van der Waals surface area (Å²) in [4.78, 5) is 4.70. The molecule has 0 amide bonds. The molecule has 0 atom stereocenters. The van der Waals surface area contributed by atoms with E-state index < -0.39 is 0 Å². The van der Waals surface area contributed by atoms with Crippen molar-refractivity contribution < 1.29 is 4.74 Å². The SMILES string of the molecule is COc1cccc2c1nc(CCl)n2C(C)(C)CC(C)(C)C. The Bertz CT molecular complexity index is 638. The molecule has 2 rings (SSSR count). The number of alkyl halides is 1. The van der Waals surface area contributed by atoms with Crippen LogP contribution < -0.4 is 4.74 Å². The summed E-state index contributed by atoms with van der Waals surface area (Å²) in [5.74, 6) is 2.08. The van der Waals surface area contributed by atoms with Crippen LogP contribution in [0.5, 0.6) is 5.75 Å². The van der Waals surface area contributed by atoms with Gasteiger partial charge in [-0.15, -0.1) is 11.6 Å². The maximum atomic E-state index is 6.15. The highest BCUT2D eigenvalue weighted by molar-refractivity contribution is 6.16. The lowest BCUT2D eigenvalue weighted by atomic mass is 9.81. The van der Waals surface area contributed by atoms with Crippen molar-refractivity contribution >= 4 is 22.6 Å². The molecule has 2 aromatic rings. The summed E-state index contributed by atoms with van der Waals surface area (Å²) in [7, 11) is 1.68. The second-order valence-electron chi connectivity index (χ2n) is 7.37. The van der Waals surface area contributed by atoms with Crippen molar-refractivity contribution in [1.82, 2.24) is 9.55 Å². The molecule has 21 heavy (non-hydrogen) atoms. The van der Waals surface area contributed by atoms with E-state index in [1.165, 1.54) is 0 Å². The van der Waals surface area contributed by atoms with Gasteiger partial charge in [0.1, 0.15) is 17.1 Å². The van der Waals surface area contributed by atoms with Gasteiger partial charge >= 0.3 is 0 Å². The van der Waals surface area contributed by atoms with E-state index in [9.17, 15) is 0 Å². The second kappa shape index (κ2) is 5.53. The topological polar surface area (TPSA) is 27.1 Å². The van der Waals surface area contributed by atoms with Gasteiger partial charge < -0.3 is 9.30 Å². The monoisotopic (exact) mass is 308 g/mol. The van der Waals surface area contributed by atoms with Crippen LogP contribution in [-0.2, 0) is 11.4 Å². The number of hydrogen-bond acceptors (Lipinski definition) is 2. The smallest absolute Gasteiger partial charge is 0.146 e. The molecule has 0 aliphatic carbocycles. The number of imidazole rings is 1. The molecular formula is C17H25ClN2O. The third kappa shape index (κ3) is 3.18. The first-order valence-electron chi connectivity index (χ1n) is 7.30. The number of aromatic nitrogens is 2. The lowest BCUT2D eigenvalue weighted by Crippen LogP contribution is -2.32. The van der Waals surface area contributed by atoms with Crippen LogP contribution in [0.25, 0.3) is 11.0 Å². The van der Waals surface area contributed by atoms with Gasteiger partial charge in [-0.2, -0.15) is 0 Å². The molecule has 116 valence electrons. The van der Waals surface area contributed by atoms with Gasteiger partial charge in [0.2, 0.25) is 0 Å². The summed E-state index contributed by atoms with van der Waals surface area (Å²) in [5.41, 5.74) is 2.13. The first kappa shape index (κ1) is 16.2. The first-order valence-corrected chi connectivity index (χ1v) is 7.84. The van der Waals surface area contributed by atoms with Crippen molar-refractivity contribution in [2.45, 2.75) is 52.5 Å². The zero-order valence-corrected chi connectivity index (χ0v) is 14.6. The summed E-state index contributed by atoms with van der Waals surface area (Å²) in [6.07, 6.45) is 1.03. The fraction of sp³-hybridized carbons (Fsp3) is 0.588. The van der Waals surface area contributed by atoms with E-state index in [4.69, 9.17) is 21.3 Å².